The first kappa shape index (κ1) is 11.6. The fourth-order valence-electron chi connectivity index (χ4n) is 0.944. The summed E-state index contributed by atoms with van der Waals surface area (Å²) in [6, 6.07) is 0.465. The molecule has 1 aromatic rings. The van der Waals surface area contributed by atoms with Crippen LogP contribution >= 0.6 is 0 Å². The van der Waals surface area contributed by atoms with Crippen LogP contribution in [0.5, 0.6) is 0 Å². The highest BCUT2D eigenvalue weighted by Gasteiger charge is 2.20. The number of aromatic amines is 1. The Morgan fingerprint density at radius 1 is 1.40 bits per heavy atom. The summed E-state index contributed by atoms with van der Waals surface area (Å²) in [7, 11) is -4.17. The molecule has 0 aliphatic heterocycles. The van der Waals surface area contributed by atoms with E-state index in [1.54, 1.807) is 0 Å². The molecule has 0 saturated carbocycles. The van der Waals surface area contributed by atoms with Gasteiger partial charge < -0.3 is 10.7 Å². The summed E-state index contributed by atoms with van der Waals surface area (Å²) in [4.78, 5) is 13.0. The molecule has 0 saturated heterocycles. The Balaban J connectivity index is 3.53. The van der Waals surface area contributed by atoms with E-state index in [9.17, 15) is 22.0 Å². The van der Waals surface area contributed by atoms with Gasteiger partial charge in [0, 0.05) is 6.07 Å². The maximum atomic E-state index is 12.2. The van der Waals surface area contributed by atoms with Crippen LogP contribution in [0.25, 0.3) is 0 Å². The van der Waals surface area contributed by atoms with Crippen molar-refractivity contribution in [2.45, 2.75) is 11.5 Å². The molecule has 6 nitrogen and oxygen atoms in total. The molecule has 0 aliphatic rings. The van der Waals surface area contributed by atoms with E-state index in [0.29, 0.717) is 6.07 Å². The topological polar surface area (TPSA) is 119 Å². The summed E-state index contributed by atoms with van der Waals surface area (Å²) in [6.07, 6.45) is -3.08. The first-order chi connectivity index (χ1) is 6.73. The molecule has 1 heterocycles. The fraction of sp³-hybridized carbons (Fsp3) is 0.167. The Labute approximate surface area is 82.9 Å². The van der Waals surface area contributed by atoms with Crippen LogP contribution in [0.2, 0.25) is 0 Å². The van der Waals surface area contributed by atoms with Gasteiger partial charge in [-0.1, -0.05) is 0 Å². The van der Waals surface area contributed by atoms with Crippen LogP contribution in [0.1, 0.15) is 12.0 Å². The second-order valence-corrected chi connectivity index (χ2v) is 4.20. The van der Waals surface area contributed by atoms with Crippen molar-refractivity contribution in [3.05, 3.63) is 21.9 Å². The predicted molar refractivity (Wildman–Crippen MR) is 47.8 cm³/mol. The molecule has 0 amide bonds. The molecule has 0 spiro atoms. The molecule has 5 N–H and O–H groups in total. The van der Waals surface area contributed by atoms with Crippen LogP contribution in [0, 0.1) is 0 Å². The number of anilines is 1. The van der Waals surface area contributed by atoms with Gasteiger partial charge in [-0.25, -0.2) is 22.3 Å². The third-order valence-electron chi connectivity index (χ3n) is 1.60. The number of alkyl halides is 2. The molecular weight excluding hydrogens is 232 g/mol. The lowest BCUT2D eigenvalue weighted by molar-refractivity contribution is 0.150. The Morgan fingerprint density at radius 2 is 1.93 bits per heavy atom. The molecule has 0 atom stereocenters. The molecule has 0 radical (unpaired) electrons. The van der Waals surface area contributed by atoms with E-state index in [0.717, 1.165) is 0 Å². The lowest BCUT2D eigenvalue weighted by Crippen LogP contribution is -2.21. The van der Waals surface area contributed by atoms with Crippen molar-refractivity contribution in [3.63, 3.8) is 0 Å². The second kappa shape index (κ2) is 3.59. The SMILES string of the molecule is Nc1[nH]c(S(N)(=O)=O)cc(=O)c1C(F)F. The van der Waals surface area contributed by atoms with Gasteiger partial charge in [-0.05, 0) is 0 Å². The van der Waals surface area contributed by atoms with E-state index in [-0.39, 0.29) is 0 Å². The fourth-order valence-corrected chi connectivity index (χ4v) is 1.47. The maximum absolute atomic E-state index is 12.2. The largest absolute Gasteiger partial charge is 0.385 e. The van der Waals surface area contributed by atoms with Crippen LogP contribution < -0.4 is 16.3 Å². The van der Waals surface area contributed by atoms with Gasteiger partial charge in [0.25, 0.3) is 16.4 Å². The number of nitrogens with two attached hydrogens (primary N) is 2. The number of pyridine rings is 1. The van der Waals surface area contributed by atoms with Crippen molar-refractivity contribution < 1.29 is 17.2 Å². The number of nitrogens with one attached hydrogen (secondary N) is 1. The molecule has 1 rings (SSSR count). The Morgan fingerprint density at radius 3 is 2.27 bits per heavy atom. The van der Waals surface area contributed by atoms with Crippen molar-refractivity contribution in [2.75, 3.05) is 5.73 Å². The highest BCUT2D eigenvalue weighted by molar-refractivity contribution is 7.89. The smallest absolute Gasteiger partial charge is 0.271 e. The zero-order valence-electron chi connectivity index (χ0n) is 7.20. The minimum Gasteiger partial charge on any atom is -0.385 e. The zero-order chi connectivity index (χ0) is 11.8. The summed E-state index contributed by atoms with van der Waals surface area (Å²) in [5.74, 6) is -0.707. The number of sulfonamides is 1. The monoisotopic (exact) mass is 239 g/mol. The van der Waals surface area contributed by atoms with E-state index in [4.69, 9.17) is 5.73 Å². The minimum absolute atomic E-state index is 0.465. The lowest BCUT2D eigenvalue weighted by Gasteiger charge is -2.05. The van der Waals surface area contributed by atoms with Crippen molar-refractivity contribution in [2.24, 2.45) is 5.14 Å². The normalized spacial score (nSPS) is 12.0. The highest BCUT2D eigenvalue weighted by Crippen LogP contribution is 2.20. The molecule has 84 valence electrons. The van der Waals surface area contributed by atoms with Gasteiger partial charge in [0.1, 0.15) is 11.4 Å². The average molecular weight is 239 g/mol. The van der Waals surface area contributed by atoms with E-state index in [1.165, 1.54) is 0 Å². The molecule has 0 bridgehead atoms. The Hall–Kier alpha value is -1.48. The number of rotatable bonds is 2. The highest BCUT2D eigenvalue weighted by atomic mass is 32.2. The molecule has 0 aromatic carbocycles. The quantitative estimate of drug-likeness (QED) is 0.647. The molecule has 9 heteroatoms. The van der Waals surface area contributed by atoms with E-state index >= 15 is 0 Å². The van der Waals surface area contributed by atoms with Gasteiger partial charge in [-0.3, -0.25) is 4.79 Å². The first-order valence-corrected chi connectivity index (χ1v) is 5.11. The summed E-state index contributed by atoms with van der Waals surface area (Å²) in [5.41, 5.74) is 2.92. The van der Waals surface area contributed by atoms with E-state index in [2.05, 4.69) is 5.14 Å². The van der Waals surface area contributed by atoms with Crippen molar-refractivity contribution in [1.82, 2.24) is 4.98 Å². The number of primary sulfonamides is 1. The van der Waals surface area contributed by atoms with Crippen LogP contribution in [0.3, 0.4) is 0 Å². The molecule has 0 aliphatic carbocycles. The third-order valence-corrected chi connectivity index (χ3v) is 2.43. The molecule has 1 aromatic heterocycles. The Kier molecular flexibility index (Phi) is 2.77. The maximum Gasteiger partial charge on any atom is 0.271 e. The minimum atomic E-state index is -4.17. The lowest BCUT2D eigenvalue weighted by atomic mass is 10.2. The number of H-pyrrole nitrogens is 1. The number of aromatic nitrogens is 1. The molecule has 15 heavy (non-hydrogen) atoms. The van der Waals surface area contributed by atoms with Gasteiger partial charge in [0.2, 0.25) is 0 Å². The average Bonchev–Trinajstić information content (AvgIpc) is 1.99. The van der Waals surface area contributed by atoms with Gasteiger partial charge in [0.05, 0.1) is 0 Å². The van der Waals surface area contributed by atoms with E-state index < -0.39 is 38.3 Å². The van der Waals surface area contributed by atoms with Crippen molar-refractivity contribution >= 4 is 15.8 Å². The van der Waals surface area contributed by atoms with Gasteiger partial charge in [-0.15, -0.1) is 0 Å². The van der Waals surface area contributed by atoms with Crippen LogP contribution in [0.15, 0.2) is 15.9 Å². The van der Waals surface area contributed by atoms with E-state index in [1.807, 2.05) is 4.98 Å². The summed E-state index contributed by atoms with van der Waals surface area (Å²) >= 11 is 0. The number of hydrogen-bond acceptors (Lipinski definition) is 4. The summed E-state index contributed by atoms with van der Waals surface area (Å²) < 4.78 is 46.0. The number of nitrogen functional groups attached to an aromatic ring is 1. The zero-order valence-corrected chi connectivity index (χ0v) is 8.01. The summed E-state index contributed by atoms with van der Waals surface area (Å²) in [5, 5.41) is 3.98. The van der Waals surface area contributed by atoms with Gasteiger partial charge in [0.15, 0.2) is 10.5 Å². The third kappa shape index (κ3) is 2.30. The van der Waals surface area contributed by atoms with Crippen LogP contribution in [0.4, 0.5) is 14.6 Å². The standard InChI is InChI=1S/C6H7F2N3O3S/c7-5(8)4-2(12)1-3(11-6(4)9)15(10,13)14/h1,5H,(H3,9,11,12)(H2,10,13,14). The van der Waals surface area contributed by atoms with Gasteiger partial charge >= 0.3 is 0 Å². The van der Waals surface area contributed by atoms with Crippen LogP contribution in [-0.4, -0.2) is 13.4 Å². The molecular formula is C6H7F2N3O3S. The number of halogens is 2. The number of hydrogen-bond donors (Lipinski definition) is 3. The van der Waals surface area contributed by atoms with Crippen molar-refractivity contribution in [3.8, 4) is 0 Å². The predicted octanol–water partition coefficient (Wildman–Crippen LogP) is -0.458. The Bertz CT molecular complexity index is 537. The molecule has 0 fully saturated rings. The second-order valence-electron chi connectivity index (χ2n) is 2.67. The van der Waals surface area contributed by atoms with Crippen molar-refractivity contribution in [1.29, 1.82) is 0 Å². The summed E-state index contributed by atoms with van der Waals surface area (Å²) in [6.45, 7) is 0. The van der Waals surface area contributed by atoms with Gasteiger partial charge in [-0.2, -0.15) is 0 Å². The van der Waals surface area contributed by atoms with Crippen LogP contribution in [-0.2, 0) is 10.0 Å². The first-order valence-electron chi connectivity index (χ1n) is 3.57. The molecule has 0 unspecified atom stereocenters.